The van der Waals surface area contributed by atoms with Crippen LogP contribution in [-0.2, 0) is 0 Å². The Balaban J connectivity index is 2.10. The number of rotatable bonds is 4. The molecule has 1 aliphatic heterocycles. The molecule has 0 amide bonds. The molecule has 1 unspecified atom stereocenters. The van der Waals surface area contributed by atoms with Crippen LogP contribution >= 0.6 is 22.6 Å². The fraction of sp³-hybridized carbons (Fsp3) is 0.500. The molecule has 1 atom stereocenters. The van der Waals surface area contributed by atoms with Gasteiger partial charge in [0.05, 0.1) is 8.49 Å². The molecule has 1 aromatic carbocycles. The van der Waals surface area contributed by atoms with E-state index in [0.717, 1.165) is 19.5 Å². The highest BCUT2D eigenvalue weighted by molar-refractivity contribution is 14.1. The van der Waals surface area contributed by atoms with Gasteiger partial charge in [-0.25, -0.2) is 4.39 Å². The van der Waals surface area contributed by atoms with Crippen LogP contribution in [0.3, 0.4) is 0 Å². The molecule has 1 aromatic rings. The van der Waals surface area contributed by atoms with Gasteiger partial charge in [-0.1, -0.05) is 0 Å². The van der Waals surface area contributed by atoms with Gasteiger partial charge in [-0.15, -0.1) is 0 Å². The second kappa shape index (κ2) is 6.00. The van der Waals surface area contributed by atoms with Crippen LogP contribution in [0.1, 0.15) is 6.42 Å². The van der Waals surface area contributed by atoms with Gasteiger partial charge in [-0.05, 0) is 48.5 Å². The minimum absolute atomic E-state index is 0.0721. The quantitative estimate of drug-likeness (QED) is 0.497. The van der Waals surface area contributed by atoms with Crippen molar-refractivity contribution in [1.29, 1.82) is 0 Å². The molecule has 1 N–H and O–H groups in total. The van der Waals surface area contributed by atoms with Crippen LogP contribution in [0.25, 0.3) is 0 Å². The third-order valence-electron chi connectivity index (χ3n) is 3.31. The molecule has 1 aliphatic rings. The van der Waals surface area contributed by atoms with Crippen molar-refractivity contribution in [2.24, 2.45) is 5.92 Å². The number of nitro groups is 1. The minimum atomic E-state index is -0.481. The van der Waals surface area contributed by atoms with E-state index in [1.165, 1.54) is 12.1 Å². The summed E-state index contributed by atoms with van der Waals surface area (Å²) >= 11 is 1.76. The van der Waals surface area contributed by atoms with Crippen molar-refractivity contribution in [3.05, 3.63) is 31.6 Å². The standard InChI is InChI=1S/C12H15FIN3O2/c1-16-3-2-8(7-16)6-15-11-4-9(13)10(14)5-12(11)17(18)19/h4-5,8,15H,2-3,6-7H2,1H3. The van der Waals surface area contributed by atoms with Gasteiger partial charge in [0.1, 0.15) is 11.5 Å². The highest BCUT2D eigenvalue weighted by atomic mass is 127. The van der Waals surface area contributed by atoms with E-state index in [1.54, 1.807) is 22.6 Å². The molecule has 0 saturated carbocycles. The Morgan fingerprint density at radius 1 is 1.63 bits per heavy atom. The van der Waals surface area contributed by atoms with Crippen LogP contribution < -0.4 is 5.32 Å². The summed E-state index contributed by atoms with van der Waals surface area (Å²) in [5.41, 5.74) is 0.189. The Hall–Kier alpha value is -0.960. The predicted molar refractivity (Wildman–Crippen MR) is 79.9 cm³/mol. The zero-order valence-electron chi connectivity index (χ0n) is 10.5. The average molecular weight is 379 g/mol. The molecule has 104 valence electrons. The maximum Gasteiger partial charge on any atom is 0.293 e. The van der Waals surface area contributed by atoms with E-state index in [9.17, 15) is 14.5 Å². The topological polar surface area (TPSA) is 58.4 Å². The molecule has 0 radical (unpaired) electrons. The van der Waals surface area contributed by atoms with Crippen molar-refractivity contribution in [1.82, 2.24) is 4.90 Å². The van der Waals surface area contributed by atoms with Gasteiger partial charge in [0.25, 0.3) is 5.69 Å². The predicted octanol–water partition coefficient (Wildman–Crippen LogP) is 2.70. The first-order valence-corrected chi connectivity index (χ1v) is 7.11. The van der Waals surface area contributed by atoms with Gasteiger partial charge in [-0.3, -0.25) is 10.1 Å². The van der Waals surface area contributed by atoms with Gasteiger partial charge < -0.3 is 10.2 Å². The summed E-state index contributed by atoms with van der Waals surface area (Å²) in [7, 11) is 2.05. The van der Waals surface area contributed by atoms with Crippen LogP contribution in [-0.4, -0.2) is 36.5 Å². The number of halogens is 2. The van der Waals surface area contributed by atoms with Gasteiger partial charge >= 0.3 is 0 Å². The Bertz CT molecular complexity index is 498. The lowest BCUT2D eigenvalue weighted by atomic mass is 10.1. The van der Waals surface area contributed by atoms with Crippen molar-refractivity contribution in [3.63, 3.8) is 0 Å². The van der Waals surface area contributed by atoms with E-state index < -0.39 is 10.7 Å². The van der Waals surface area contributed by atoms with Crippen molar-refractivity contribution in [3.8, 4) is 0 Å². The highest BCUT2D eigenvalue weighted by Crippen LogP contribution is 2.29. The molecule has 0 spiro atoms. The lowest BCUT2D eigenvalue weighted by Crippen LogP contribution is -2.19. The normalized spacial score (nSPS) is 19.6. The lowest BCUT2D eigenvalue weighted by Gasteiger charge is -2.13. The minimum Gasteiger partial charge on any atom is -0.379 e. The number of nitro benzene ring substituents is 1. The number of benzene rings is 1. The second-order valence-corrected chi connectivity index (χ2v) is 6.00. The zero-order chi connectivity index (χ0) is 14.0. The van der Waals surface area contributed by atoms with Crippen molar-refractivity contribution in [2.45, 2.75) is 6.42 Å². The molecule has 2 rings (SSSR count). The van der Waals surface area contributed by atoms with Crippen molar-refractivity contribution >= 4 is 34.0 Å². The first kappa shape index (κ1) is 14.4. The first-order chi connectivity index (χ1) is 8.97. The number of anilines is 1. The number of nitrogens with zero attached hydrogens (tertiary/aromatic N) is 2. The van der Waals surface area contributed by atoms with Gasteiger partial charge in [0, 0.05) is 25.2 Å². The molecule has 1 saturated heterocycles. The molecule has 5 nitrogen and oxygen atoms in total. The summed E-state index contributed by atoms with van der Waals surface area (Å²) in [4.78, 5) is 12.7. The summed E-state index contributed by atoms with van der Waals surface area (Å²) in [6.45, 7) is 2.63. The fourth-order valence-corrected chi connectivity index (χ4v) is 2.73. The van der Waals surface area contributed by atoms with Gasteiger partial charge in [-0.2, -0.15) is 0 Å². The Kier molecular flexibility index (Phi) is 4.56. The maximum absolute atomic E-state index is 13.5. The molecular weight excluding hydrogens is 364 g/mol. The molecular formula is C12H15FIN3O2. The summed E-state index contributed by atoms with van der Waals surface area (Å²) in [6.07, 6.45) is 1.06. The Morgan fingerprint density at radius 2 is 2.37 bits per heavy atom. The highest BCUT2D eigenvalue weighted by Gasteiger charge is 2.22. The Morgan fingerprint density at radius 3 is 2.95 bits per heavy atom. The van der Waals surface area contributed by atoms with Crippen LogP contribution in [0.2, 0.25) is 0 Å². The van der Waals surface area contributed by atoms with Crippen LogP contribution in [0.5, 0.6) is 0 Å². The van der Waals surface area contributed by atoms with E-state index >= 15 is 0 Å². The average Bonchev–Trinajstić information content (AvgIpc) is 2.76. The molecule has 0 aromatic heterocycles. The molecule has 0 bridgehead atoms. The first-order valence-electron chi connectivity index (χ1n) is 6.03. The maximum atomic E-state index is 13.5. The van der Waals surface area contributed by atoms with E-state index in [4.69, 9.17) is 0 Å². The van der Waals surface area contributed by atoms with Crippen LogP contribution in [0, 0.1) is 25.4 Å². The SMILES string of the molecule is CN1CCC(CNc2cc(F)c(I)cc2[N+](=O)[O-])C1. The van der Waals surface area contributed by atoms with Gasteiger partial charge in [0.15, 0.2) is 0 Å². The second-order valence-electron chi connectivity index (χ2n) is 4.84. The van der Waals surface area contributed by atoms with Gasteiger partial charge in [0.2, 0.25) is 0 Å². The smallest absolute Gasteiger partial charge is 0.293 e. The van der Waals surface area contributed by atoms with E-state index in [0.29, 0.717) is 12.5 Å². The van der Waals surface area contributed by atoms with Crippen LogP contribution in [0.15, 0.2) is 12.1 Å². The third kappa shape index (κ3) is 3.53. The summed E-state index contributed by atoms with van der Waals surface area (Å²) < 4.78 is 13.8. The monoisotopic (exact) mass is 379 g/mol. The van der Waals surface area contributed by atoms with E-state index in [-0.39, 0.29) is 14.9 Å². The summed E-state index contributed by atoms with van der Waals surface area (Å²) in [6, 6.07) is 2.47. The number of nitrogens with one attached hydrogen (secondary N) is 1. The largest absolute Gasteiger partial charge is 0.379 e. The summed E-state index contributed by atoms with van der Waals surface area (Å²) in [5.74, 6) is 0.0178. The molecule has 7 heteroatoms. The van der Waals surface area contributed by atoms with Crippen molar-refractivity contribution in [2.75, 3.05) is 32.0 Å². The van der Waals surface area contributed by atoms with Crippen molar-refractivity contribution < 1.29 is 9.31 Å². The van der Waals surface area contributed by atoms with Crippen LogP contribution in [0.4, 0.5) is 15.8 Å². The number of hydrogen-bond donors (Lipinski definition) is 1. The van der Waals surface area contributed by atoms with E-state index in [1.807, 2.05) is 7.05 Å². The Labute approximate surface area is 124 Å². The number of likely N-dealkylation sites (tertiary alicyclic amines) is 1. The zero-order valence-corrected chi connectivity index (χ0v) is 12.7. The molecule has 0 aliphatic carbocycles. The lowest BCUT2D eigenvalue weighted by molar-refractivity contribution is -0.384. The summed E-state index contributed by atoms with van der Waals surface area (Å²) in [5, 5.41) is 14.0. The molecule has 19 heavy (non-hydrogen) atoms. The third-order valence-corrected chi connectivity index (χ3v) is 4.13. The molecule has 1 heterocycles. The fourth-order valence-electron chi connectivity index (χ4n) is 2.28. The molecule has 1 fully saturated rings. The van der Waals surface area contributed by atoms with E-state index in [2.05, 4.69) is 10.2 Å². The number of hydrogen-bond acceptors (Lipinski definition) is 4.